The van der Waals surface area contributed by atoms with Gasteiger partial charge in [0.1, 0.15) is 17.9 Å². The van der Waals surface area contributed by atoms with Crippen LogP contribution in [0.5, 0.6) is 5.75 Å². The van der Waals surface area contributed by atoms with Crippen molar-refractivity contribution < 1.29 is 14.3 Å². The van der Waals surface area contributed by atoms with Crippen LogP contribution in [0.2, 0.25) is 5.02 Å². The molecule has 0 unspecified atom stereocenters. The van der Waals surface area contributed by atoms with Gasteiger partial charge in [-0.25, -0.2) is 4.98 Å². The number of hydrogen-bond acceptors (Lipinski definition) is 8. The second-order valence-electron chi connectivity index (χ2n) is 6.53. The van der Waals surface area contributed by atoms with Crippen LogP contribution >= 0.6 is 11.6 Å². The maximum Gasteiger partial charge on any atom is 0.255 e. The molecule has 0 saturated carbocycles. The Bertz CT molecular complexity index is 1020. The summed E-state index contributed by atoms with van der Waals surface area (Å²) in [6, 6.07) is 6.96. The first-order valence-corrected chi connectivity index (χ1v) is 9.71. The fourth-order valence-electron chi connectivity index (χ4n) is 3.24. The molecule has 10 nitrogen and oxygen atoms in total. The number of amides is 1. The van der Waals surface area contributed by atoms with Crippen LogP contribution in [0.25, 0.3) is 5.69 Å². The van der Waals surface area contributed by atoms with Crippen LogP contribution in [0.15, 0.2) is 36.8 Å². The summed E-state index contributed by atoms with van der Waals surface area (Å²) in [5, 5.41) is 14.3. The van der Waals surface area contributed by atoms with Gasteiger partial charge in [0.15, 0.2) is 0 Å². The second-order valence-corrected chi connectivity index (χ2v) is 6.93. The standard InChI is InChI=1S/C19H20ClN7O3/c1-29-17-10-16(27-12-23-24-25-27)15(20)9-14(17)19(28)22-11-13-3-2-4-21-18(13)26-5-7-30-8-6-26/h2-4,9-10,12H,5-8,11H2,1H3,(H,22,28). The van der Waals surface area contributed by atoms with Gasteiger partial charge in [0, 0.05) is 37.5 Å². The summed E-state index contributed by atoms with van der Waals surface area (Å²) < 4.78 is 12.2. The van der Waals surface area contributed by atoms with E-state index in [1.807, 2.05) is 12.1 Å². The first-order chi connectivity index (χ1) is 14.7. The highest BCUT2D eigenvalue weighted by Crippen LogP contribution is 2.29. The van der Waals surface area contributed by atoms with Gasteiger partial charge in [-0.1, -0.05) is 17.7 Å². The zero-order valence-corrected chi connectivity index (χ0v) is 17.0. The molecule has 1 aliphatic rings. The lowest BCUT2D eigenvalue weighted by Gasteiger charge is -2.29. The fourth-order valence-corrected chi connectivity index (χ4v) is 3.49. The number of pyridine rings is 1. The van der Waals surface area contributed by atoms with E-state index < -0.39 is 0 Å². The number of carbonyl (C=O) groups excluding carboxylic acids is 1. The van der Waals surface area contributed by atoms with Crippen molar-refractivity contribution in [3.8, 4) is 11.4 Å². The van der Waals surface area contributed by atoms with Crippen molar-refractivity contribution in [3.63, 3.8) is 0 Å². The van der Waals surface area contributed by atoms with Crippen LogP contribution in [0.4, 0.5) is 5.82 Å². The van der Waals surface area contributed by atoms with E-state index in [1.165, 1.54) is 18.1 Å². The van der Waals surface area contributed by atoms with Crippen molar-refractivity contribution in [2.45, 2.75) is 6.54 Å². The molecule has 1 aliphatic heterocycles. The first kappa shape index (κ1) is 20.0. The van der Waals surface area contributed by atoms with Gasteiger partial charge in [0.2, 0.25) is 0 Å². The number of aromatic nitrogens is 5. The smallest absolute Gasteiger partial charge is 0.255 e. The molecule has 1 fully saturated rings. The summed E-state index contributed by atoms with van der Waals surface area (Å²) in [4.78, 5) is 19.5. The van der Waals surface area contributed by atoms with Crippen LogP contribution in [0.1, 0.15) is 15.9 Å². The highest BCUT2D eigenvalue weighted by atomic mass is 35.5. The third-order valence-electron chi connectivity index (χ3n) is 4.73. The average molecular weight is 430 g/mol. The number of methoxy groups -OCH3 is 1. The molecule has 1 aromatic carbocycles. The number of ether oxygens (including phenoxy) is 2. The van der Waals surface area contributed by atoms with E-state index in [4.69, 9.17) is 21.1 Å². The zero-order valence-electron chi connectivity index (χ0n) is 16.3. The van der Waals surface area contributed by atoms with E-state index in [2.05, 4.69) is 30.7 Å². The van der Waals surface area contributed by atoms with E-state index in [0.29, 0.717) is 41.8 Å². The number of nitrogens with zero attached hydrogens (tertiary/aromatic N) is 6. The summed E-state index contributed by atoms with van der Waals surface area (Å²) in [7, 11) is 1.49. The predicted molar refractivity (Wildman–Crippen MR) is 109 cm³/mol. The molecule has 1 saturated heterocycles. The lowest BCUT2D eigenvalue weighted by Crippen LogP contribution is -2.37. The Balaban J connectivity index is 1.53. The summed E-state index contributed by atoms with van der Waals surface area (Å²) in [5.41, 5.74) is 1.75. The molecule has 4 rings (SSSR count). The van der Waals surface area contributed by atoms with Crippen LogP contribution in [-0.2, 0) is 11.3 Å². The van der Waals surface area contributed by atoms with Crippen molar-refractivity contribution in [2.24, 2.45) is 0 Å². The van der Waals surface area contributed by atoms with E-state index in [1.54, 1.807) is 18.3 Å². The molecule has 2 aromatic heterocycles. The number of rotatable bonds is 6. The Morgan fingerprint density at radius 1 is 1.33 bits per heavy atom. The molecule has 0 spiro atoms. The van der Waals surface area contributed by atoms with Gasteiger partial charge in [0.25, 0.3) is 5.91 Å². The van der Waals surface area contributed by atoms with E-state index in [0.717, 1.165) is 24.5 Å². The maximum absolute atomic E-state index is 12.9. The highest BCUT2D eigenvalue weighted by Gasteiger charge is 2.19. The van der Waals surface area contributed by atoms with Crippen molar-refractivity contribution in [1.82, 2.24) is 30.5 Å². The van der Waals surface area contributed by atoms with E-state index >= 15 is 0 Å². The minimum Gasteiger partial charge on any atom is -0.496 e. The number of hydrogen-bond donors (Lipinski definition) is 1. The Kier molecular flexibility index (Phi) is 6.05. The van der Waals surface area contributed by atoms with Crippen molar-refractivity contribution in [1.29, 1.82) is 0 Å². The molecular formula is C19H20ClN7O3. The van der Waals surface area contributed by atoms with Gasteiger partial charge < -0.3 is 19.7 Å². The molecule has 0 aliphatic carbocycles. The van der Waals surface area contributed by atoms with E-state index in [9.17, 15) is 4.79 Å². The molecule has 30 heavy (non-hydrogen) atoms. The maximum atomic E-state index is 12.9. The number of carbonyl (C=O) groups is 1. The van der Waals surface area contributed by atoms with Gasteiger partial charge >= 0.3 is 0 Å². The van der Waals surface area contributed by atoms with Crippen molar-refractivity contribution in [3.05, 3.63) is 52.9 Å². The predicted octanol–water partition coefficient (Wildman–Crippen LogP) is 1.49. The number of halogens is 1. The van der Waals surface area contributed by atoms with Gasteiger partial charge in [0.05, 0.1) is 36.6 Å². The second kappa shape index (κ2) is 9.06. The van der Waals surface area contributed by atoms with Crippen LogP contribution in [0, 0.1) is 0 Å². The van der Waals surface area contributed by atoms with Crippen LogP contribution in [0.3, 0.4) is 0 Å². The number of nitrogens with one attached hydrogen (secondary N) is 1. The van der Waals surface area contributed by atoms with Crippen molar-refractivity contribution >= 4 is 23.3 Å². The Morgan fingerprint density at radius 3 is 2.90 bits per heavy atom. The van der Waals surface area contributed by atoms with Crippen LogP contribution < -0.4 is 15.0 Å². The molecule has 3 aromatic rings. The Morgan fingerprint density at radius 2 is 2.17 bits per heavy atom. The van der Waals surface area contributed by atoms with E-state index in [-0.39, 0.29) is 5.91 Å². The zero-order chi connectivity index (χ0) is 20.9. The summed E-state index contributed by atoms with van der Waals surface area (Å²) >= 11 is 6.36. The number of anilines is 1. The largest absolute Gasteiger partial charge is 0.496 e. The number of benzene rings is 1. The van der Waals surface area contributed by atoms with Gasteiger partial charge in [-0.05, 0) is 22.6 Å². The van der Waals surface area contributed by atoms with Gasteiger partial charge in [-0.2, -0.15) is 4.68 Å². The summed E-state index contributed by atoms with van der Waals surface area (Å²) in [6.45, 7) is 3.16. The molecule has 0 atom stereocenters. The third-order valence-corrected chi connectivity index (χ3v) is 5.03. The molecule has 11 heteroatoms. The van der Waals surface area contributed by atoms with Crippen LogP contribution in [-0.4, -0.2) is 64.5 Å². The van der Waals surface area contributed by atoms with Crippen molar-refractivity contribution in [2.75, 3.05) is 38.3 Å². The molecule has 0 bridgehead atoms. The molecule has 0 radical (unpaired) electrons. The SMILES string of the molecule is COc1cc(-n2cnnn2)c(Cl)cc1C(=O)NCc1cccnc1N1CCOCC1. The van der Waals surface area contributed by atoms with Gasteiger partial charge in [-0.3, -0.25) is 4.79 Å². The minimum atomic E-state index is -0.311. The average Bonchev–Trinajstić information content (AvgIpc) is 3.33. The highest BCUT2D eigenvalue weighted by molar-refractivity contribution is 6.33. The topological polar surface area (TPSA) is 107 Å². The molecule has 1 N–H and O–H groups in total. The monoisotopic (exact) mass is 429 g/mol. The Hall–Kier alpha value is -3.24. The summed E-state index contributed by atoms with van der Waals surface area (Å²) in [5.74, 6) is 0.899. The third kappa shape index (κ3) is 4.19. The fraction of sp³-hybridized carbons (Fsp3) is 0.316. The first-order valence-electron chi connectivity index (χ1n) is 9.33. The minimum absolute atomic E-state index is 0.311. The normalized spacial score (nSPS) is 13.9. The number of morpholine rings is 1. The Labute approximate surface area is 177 Å². The molecular weight excluding hydrogens is 410 g/mol. The summed E-state index contributed by atoms with van der Waals surface area (Å²) in [6.07, 6.45) is 3.16. The number of tetrazole rings is 1. The molecule has 1 amide bonds. The van der Waals surface area contributed by atoms with Gasteiger partial charge in [-0.15, -0.1) is 5.10 Å². The molecule has 3 heterocycles. The quantitative estimate of drug-likeness (QED) is 0.628. The molecule has 156 valence electrons. The lowest BCUT2D eigenvalue weighted by atomic mass is 10.1. The lowest BCUT2D eigenvalue weighted by molar-refractivity contribution is 0.0947.